The van der Waals surface area contributed by atoms with Gasteiger partial charge in [-0.25, -0.2) is 0 Å². The molecule has 3 rings (SSSR count). The zero-order valence-corrected chi connectivity index (χ0v) is 12.6. The lowest BCUT2D eigenvalue weighted by molar-refractivity contribution is -0.134. The summed E-state index contributed by atoms with van der Waals surface area (Å²) in [7, 11) is 0. The molecule has 3 heterocycles. The Balaban J connectivity index is 1.43. The first-order chi connectivity index (χ1) is 10.3. The Labute approximate surface area is 126 Å². The van der Waals surface area contributed by atoms with Gasteiger partial charge in [0.05, 0.1) is 6.54 Å². The number of nitrogens with zero attached hydrogens (tertiary/aromatic N) is 4. The molecule has 114 valence electrons. The lowest BCUT2D eigenvalue weighted by Gasteiger charge is -2.35. The molecule has 21 heavy (non-hydrogen) atoms. The maximum atomic E-state index is 12.3. The van der Waals surface area contributed by atoms with Gasteiger partial charge in [0.2, 0.25) is 5.91 Å². The van der Waals surface area contributed by atoms with Gasteiger partial charge in [-0.2, -0.15) is 0 Å². The van der Waals surface area contributed by atoms with Crippen molar-refractivity contribution in [3.63, 3.8) is 0 Å². The third-order valence-electron chi connectivity index (χ3n) is 4.44. The van der Waals surface area contributed by atoms with Crippen LogP contribution in [0.25, 0.3) is 0 Å². The monoisotopic (exact) mass is 288 g/mol. The van der Waals surface area contributed by atoms with E-state index in [1.807, 2.05) is 17.3 Å². The van der Waals surface area contributed by atoms with Gasteiger partial charge in [-0.3, -0.25) is 19.6 Å². The van der Waals surface area contributed by atoms with Gasteiger partial charge < -0.3 is 4.90 Å². The maximum absolute atomic E-state index is 12.3. The van der Waals surface area contributed by atoms with Crippen LogP contribution in [0.4, 0.5) is 0 Å². The van der Waals surface area contributed by atoms with Crippen molar-refractivity contribution in [2.45, 2.75) is 19.4 Å². The fraction of sp³-hybridized carbons (Fsp3) is 0.625. The highest BCUT2D eigenvalue weighted by atomic mass is 16.2. The molecule has 5 nitrogen and oxygen atoms in total. The van der Waals surface area contributed by atoms with Crippen LogP contribution in [-0.2, 0) is 11.3 Å². The lowest BCUT2D eigenvalue weighted by Crippen LogP contribution is -2.50. The van der Waals surface area contributed by atoms with Crippen molar-refractivity contribution in [3.8, 4) is 0 Å². The minimum atomic E-state index is 0.306. The van der Waals surface area contributed by atoms with Gasteiger partial charge in [0.15, 0.2) is 0 Å². The Morgan fingerprint density at radius 3 is 2.29 bits per heavy atom. The quantitative estimate of drug-likeness (QED) is 0.822. The average molecular weight is 288 g/mol. The van der Waals surface area contributed by atoms with Crippen molar-refractivity contribution in [1.29, 1.82) is 0 Å². The van der Waals surface area contributed by atoms with Crippen LogP contribution in [0, 0.1) is 0 Å². The van der Waals surface area contributed by atoms with Crippen LogP contribution in [0.3, 0.4) is 0 Å². The molecule has 1 aromatic rings. The highest BCUT2D eigenvalue weighted by Gasteiger charge is 2.23. The van der Waals surface area contributed by atoms with Crippen molar-refractivity contribution in [3.05, 3.63) is 30.1 Å². The molecule has 5 heteroatoms. The summed E-state index contributed by atoms with van der Waals surface area (Å²) in [6.07, 6.45) is 6.16. The predicted octanol–water partition coefficient (Wildman–Crippen LogP) is 0.822. The van der Waals surface area contributed by atoms with E-state index in [2.05, 4.69) is 26.9 Å². The zero-order valence-electron chi connectivity index (χ0n) is 12.6. The number of carbonyl (C=O) groups is 1. The van der Waals surface area contributed by atoms with E-state index in [0.29, 0.717) is 12.5 Å². The topological polar surface area (TPSA) is 39.7 Å². The Kier molecular flexibility index (Phi) is 4.83. The summed E-state index contributed by atoms with van der Waals surface area (Å²) in [4.78, 5) is 23.0. The fourth-order valence-electron chi connectivity index (χ4n) is 3.13. The highest BCUT2D eigenvalue weighted by Crippen LogP contribution is 2.10. The van der Waals surface area contributed by atoms with Crippen LogP contribution >= 0.6 is 0 Å². The summed E-state index contributed by atoms with van der Waals surface area (Å²) < 4.78 is 0. The molecule has 0 N–H and O–H groups in total. The lowest BCUT2D eigenvalue weighted by atomic mass is 10.2. The molecular formula is C16H24N4O. The highest BCUT2D eigenvalue weighted by molar-refractivity contribution is 5.78. The average Bonchev–Trinajstić information content (AvgIpc) is 3.02. The molecule has 2 fully saturated rings. The molecule has 2 aliphatic heterocycles. The summed E-state index contributed by atoms with van der Waals surface area (Å²) in [6.45, 7) is 7.40. The molecule has 2 saturated heterocycles. The minimum absolute atomic E-state index is 0.306. The molecule has 0 spiro atoms. The van der Waals surface area contributed by atoms with Gasteiger partial charge in [-0.05, 0) is 43.6 Å². The van der Waals surface area contributed by atoms with Crippen molar-refractivity contribution in [1.82, 2.24) is 19.7 Å². The second-order valence-corrected chi connectivity index (χ2v) is 6.00. The number of amides is 1. The van der Waals surface area contributed by atoms with Crippen molar-refractivity contribution in [2.24, 2.45) is 0 Å². The van der Waals surface area contributed by atoms with E-state index in [9.17, 15) is 4.79 Å². The predicted molar refractivity (Wildman–Crippen MR) is 81.8 cm³/mol. The second-order valence-electron chi connectivity index (χ2n) is 6.00. The first-order valence-electron chi connectivity index (χ1n) is 7.93. The van der Waals surface area contributed by atoms with Crippen LogP contribution < -0.4 is 0 Å². The first-order valence-corrected chi connectivity index (χ1v) is 7.93. The molecule has 0 aliphatic carbocycles. The Morgan fingerprint density at radius 1 is 0.952 bits per heavy atom. The molecule has 0 unspecified atom stereocenters. The molecule has 0 bridgehead atoms. The van der Waals surface area contributed by atoms with Crippen LogP contribution in [0.1, 0.15) is 18.4 Å². The number of rotatable bonds is 4. The largest absolute Gasteiger partial charge is 0.339 e. The fourth-order valence-corrected chi connectivity index (χ4v) is 3.13. The molecule has 0 radical (unpaired) electrons. The van der Waals surface area contributed by atoms with Gasteiger partial charge in [0.25, 0.3) is 0 Å². The van der Waals surface area contributed by atoms with Gasteiger partial charge in [0, 0.05) is 45.1 Å². The summed E-state index contributed by atoms with van der Waals surface area (Å²) in [5, 5.41) is 0. The van der Waals surface area contributed by atoms with Crippen LogP contribution in [0.2, 0.25) is 0 Å². The molecule has 0 saturated carbocycles. The van der Waals surface area contributed by atoms with Gasteiger partial charge in [0.1, 0.15) is 0 Å². The molecule has 0 aromatic carbocycles. The number of likely N-dealkylation sites (tertiary alicyclic amines) is 1. The van der Waals surface area contributed by atoms with Gasteiger partial charge in [-0.1, -0.05) is 0 Å². The van der Waals surface area contributed by atoms with Gasteiger partial charge in [-0.15, -0.1) is 0 Å². The van der Waals surface area contributed by atoms with E-state index in [0.717, 1.165) is 45.8 Å². The van der Waals surface area contributed by atoms with Crippen LogP contribution in [-0.4, -0.2) is 71.4 Å². The zero-order chi connectivity index (χ0) is 14.5. The number of aromatic nitrogens is 1. The Morgan fingerprint density at radius 2 is 1.62 bits per heavy atom. The molecule has 2 aliphatic rings. The van der Waals surface area contributed by atoms with E-state index >= 15 is 0 Å². The first kappa shape index (κ1) is 14.5. The van der Waals surface area contributed by atoms with E-state index in [1.54, 1.807) is 0 Å². The van der Waals surface area contributed by atoms with E-state index in [1.165, 1.54) is 18.4 Å². The summed E-state index contributed by atoms with van der Waals surface area (Å²) >= 11 is 0. The second kappa shape index (κ2) is 7.00. The molecule has 1 amide bonds. The molecule has 1 aromatic heterocycles. The van der Waals surface area contributed by atoms with E-state index in [-0.39, 0.29) is 0 Å². The Bertz CT molecular complexity index is 451. The smallest absolute Gasteiger partial charge is 0.236 e. The summed E-state index contributed by atoms with van der Waals surface area (Å²) in [6, 6.07) is 4.12. The Hall–Kier alpha value is -1.46. The molecular weight excluding hydrogens is 264 g/mol. The van der Waals surface area contributed by atoms with Gasteiger partial charge >= 0.3 is 0 Å². The third kappa shape index (κ3) is 4.02. The summed E-state index contributed by atoms with van der Waals surface area (Å²) in [5.74, 6) is 0.306. The maximum Gasteiger partial charge on any atom is 0.236 e. The number of pyridine rings is 1. The van der Waals surface area contributed by atoms with Crippen LogP contribution in [0.5, 0.6) is 0 Å². The van der Waals surface area contributed by atoms with Crippen molar-refractivity contribution in [2.75, 3.05) is 45.8 Å². The van der Waals surface area contributed by atoms with E-state index < -0.39 is 0 Å². The normalized spacial score (nSPS) is 20.9. The van der Waals surface area contributed by atoms with Crippen molar-refractivity contribution < 1.29 is 4.79 Å². The number of hydrogen-bond donors (Lipinski definition) is 0. The number of hydrogen-bond acceptors (Lipinski definition) is 4. The van der Waals surface area contributed by atoms with Crippen molar-refractivity contribution >= 4 is 5.91 Å². The SMILES string of the molecule is O=C(CN1CCCC1)N1CCN(Cc2ccncc2)CC1. The summed E-state index contributed by atoms with van der Waals surface area (Å²) in [5.41, 5.74) is 1.29. The minimum Gasteiger partial charge on any atom is -0.339 e. The molecule has 0 atom stereocenters. The number of carbonyl (C=O) groups excluding carboxylic acids is 1. The van der Waals surface area contributed by atoms with E-state index in [4.69, 9.17) is 0 Å². The van der Waals surface area contributed by atoms with Crippen LogP contribution in [0.15, 0.2) is 24.5 Å². The standard InChI is InChI=1S/C16H24N4O/c21-16(14-18-7-1-2-8-18)20-11-9-19(10-12-20)13-15-3-5-17-6-4-15/h3-6H,1-2,7-14H2. The third-order valence-corrected chi connectivity index (χ3v) is 4.44. The number of piperazine rings is 1.